The molecule has 27 heavy (non-hydrogen) atoms. The molecule has 0 radical (unpaired) electrons. The van der Waals surface area contributed by atoms with E-state index in [-0.39, 0.29) is 12.1 Å². The van der Waals surface area contributed by atoms with Gasteiger partial charge in [-0.2, -0.15) is 0 Å². The molecule has 0 aromatic rings. The van der Waals surface area contributed by atoms with Crippen LogP contribution in [0.25, 0.3) is 0 Å². The molecular formula is C25H42O2. The fraction of sp³-hybridized carbons (Fsp3) is 0.960. The van der Waals surface area contributed by atoms with Gasteiger partial charge in [-0.05, 0) is 112 Å². The summed E-state index contributed by atoms with van der Waals surface area (Å²) < 4.78 is 5.40. The summed E-state index contributed by atoms with van der Waals surface area (Å²) in [6.07, 6.45) is 16.3. The number of carbonyl (C=O) groups is 1. The summed E-state index contributed by atoms with van der Waals surface area (Å²) in [6, 6.07) is 0. The minimum Gasteiger partial charge on any atom is -0.463 e. The molecule has 2 nitrogen and oxygen atoms in total. The second-order valence-electron chi connectivity index (χ2n) is 11.3. The van der Waals surface area contributed by atoms with E-state index in [0.717, 1.165) is 36.0 Å². The minimum absolute atomic E-state index is 0.0148. The van der Waals surface area contributed by atoms with E-state index < -0.39 is 0 Å². The van der Waals surface area contributed by atoms with Gasteiger partial charge in [-0.25, -0.2) is 0 Å². The molecule has 154 valence electrons. The Bertz CT molecular complexity index is 555. The van der Waals surface area contributed by atoms with Crippen molar-refractivity contribution < 1.29 is 9.53 Å². The lowest BCUT2D eigenvalue weighted by Crippen LogP contribution is -2.52. The summed E-state index contributed by atoms with van der Waals surface area (Å²) in [4.78, 5) is 12.1. The predicted octanol–water partition coefficient (Wildman–Crippen LogP) is 6.77. The van der Waals surface area contributed by atoms with E-state index in [4.69, 9.17) is 4.74 Å². The molecule has 7 atom stereocenters. The number of esters is 1. The molecule has 0 aliphatic heterocycles. The fourth-order valence-corrected chi connectivity index (χ4v) is 8.49. The van der Waals surface area contributed by atoms with Crippen molar-refractivity contribution in [3.63, 3.8) is 0 Å². The van der Waals surface area contributed by atoms with E-state index in [2.05, 4.69) is 13.8 Å². The molecule has 4 aliphatic carbocycles. The summed E-state index contributed by atoms with van der Waals surface area (Å²) in [7, 11) is 0. The average molecular weight is 375 g/mol. The van der Waals surface area contributed by atoms with Crippen molar-refractivity contribution in [2.45, 2.75) is 111 Å². The molecule has 0 heterocycles. The smallest absolute Gasteiger partial charge is 0.306 e. The van der Waals surface area contributed by atoms with Crippen molar-refractivity contribution in [1.82, 2.24) is 0 Å². The first-order valence-corrected chi connectivity index (χ1v) is 12.0. The maximum Gasteiger partial charge on any atom is 0.306 e. The normalized spacial score (nSPS) is 46.5. The highest BCUT2D eigenvalue weighted by atomic mass is 16.5. The Hall–Kier alpha value is -0.530. The van der Waals surface area contributed by atoms with Gasteiger partial charge >= 0.3 is 5.97 Å². The van der Waals surface area contributed by atoms with Gasteiger partial charge < -0.3 is 4.74 Å². The van der Waals surface area contributed by atoms with Crippen LogP contribution < -0.4 is 0 Å². The number of hydrogen-bond acceptors (Lipinski definition) is 2. The van der Waals surface area contributed by atoms with Crippen LogP contribution in [0.3, 0.4) is 0 Å². The minimum atomic E-state index is 0.0148. The summed E-state index contributed by atoms with van der Waals surface area (Å²) in [5.74, 6) is 4.64. The third kappa shape index (κ3) is 3.38. The molecule has 7 unspecified atom stereocenters. The summed E-state index contributed by atoms with van der Waals surface area (Å²) >= 11 is 0. The first-order chi connectivity index (χ1) is 12.8. The van der Waals surface area contributed by atoms with Crippen molar-refractivity contribution in [3.8, 4) is 0 Å². The van der Waals surface area contributed by atoms with Gasteiger partial charge in [0.25, 0.3) is 0 Å². The fourth-order valence-electron chi connectivity index (χ4n) is 8.49. The lowest BCUT2D eigenvalue weighted by molar-refractivity contribution is -0.148. The SMILES string of the molecule is CC(C)OC(=O)CCC1CCC2C3CCC4CCCCC4(C)C3CCC12C. The first-order valence-electron chi connectivity index (χ1n) is 12.0. The van der Waals surface area contributed by atoms with Gasteiger partial charge in [0.1, 0.15) is 0 Å². The Balaban J connectivity index is 1.44. The van der Waals surface area contributed by atoms with E-state index >= 15 is 0 Å². The second-order valence-corrected chi connectivity index (χ2v) is 11.3. The highest BCUT2D eigenvalue weighted by molar-refractivity contribution is 5.69. The van der Waals surface area contributed by atoms with Crippen LogP contribution in [0.2, 0.25) is 0 Å². The Morgan fingerprint density at radius 2 is 1.70 bits per heavy atom. The first kappa shape index (κ1) is 19.8. The van der Waals surface area contributed by atoms with Crippen LogP contribution >= 0.6 is 0 Å². The average Bonchev–Trinajstić information content (AvgIpc) is 2.95. The number of rotatable bonds is 4. The highest BCUT2D eigenvalue weighted by Gasteiger charge is 2.59. The van der Waals surface area contributed by atoms with E-state index in [1.54, 1.807) is 0 Å². The monoisotopic (exact) mass is 374 g/mol. The maximum atomic E-state index is 12.1. The zero-order valence-corrected chi connectivity index (χ0v) is 18.3. The van der Waals surface area contributed by atoms with Gasteiger partial charge in [0, 0.05) is 6.42 Å². The molecule has 0 amide bonds. The van der Waals surface area contributed by atoms with E-state index in [1.165, 1.54) is 64.2 Å². The van der Waals surface area contributed by atoms with E-state index in [1.807, 2.05) is 13.8 Å². The lowest BCUT2D eigenvalue weighted by Gasteiger charge is -2.60. The van der Waals surface area contributed by atoms with Crippen molar-refractivity contribution >= 4 is 5.97 Å². The van der Waals surface area contributed by atoms with Crippen LogP contribution in [0.5, 0.6) is 0 Å². The van der Waals surface area contributed by atoms with E-state index in [0.29, 0.717) is 17.3 Å². The second kappa shape index (κ2) is 7.38. The molecule has 2 heteroatoms. The van der Waals surface area contributed by atoms with Crippen LogP contribution in [0.1, 0.15) is 105 Å². The van der Waals surface area contributed by atoms with Gasteiger partial charge in [-0.1, -0.05) is 26.7 Å². The zero-order valence-electron chi connectivity index (χ0n) is 18.3. The molecule has 4 rings (SSSR count). The van der Waals surface area contributed by atoms with Gasteiger partial charge in [-0.15, -0.1) is 0 Å². The van der Waals surface area contributed by atoms with Gasteiger partial charge in [-0.3, -0.25) is 4.79 Å². The van der Waals surface area contributed by atoms with Crippen LogP contribution in [-0.4, -0.2) is 12.1 Å². The Labute approximate surface area is 167 Å². The standard InChI is InChI=1S/C25H42O2/c1-17(2)27-23(26)13-10-19-9-12-21-20-11-8-18-7-5-6-15-24(18,3)22(20)14-16-25(19,21)4/h17-22H,5-16H2,1-4H3. The Morgan fingerprint density at radius 3 is 2.48 bits per heavy atom. The number of ether oxygens (including phenoxy) is 1. The molecule has 4 fully saturated rings. The summed E-state index contributed by atoms with van der Waals surface area (Å²) in [5, 5.41) is 0. The highest BCUT2D eigenvalue weighted by Crippen LogP contribution is 2.67. The van der Waals surface area contributed by atoms with Gasteiger partial charge in [0.15, 0.2) is 0 Å². The molecule has 4 saturated carbocycles. The molecule has 0 aromatic heterocycles. The van der Waals surface area contributed by atoms with Crippen molar-refractivity contribution in [3.05, 3.63) is 0 Å². The van der Waals surface area contributed by atoms with Crippen LogP contribution in [0, 0.1) is 40.4 Å². The lowest BCUT2D eigenvalue weighted by atomic mass is 9.45. The molecule has 0 spiro atoms. The maximum absolute atomic E-state index is 12.1. The third-order valence-corrected chi connectivity index (χ3v) is 9.84. The number of fused-ring (bicyclic) bond motifs is 5. The largest absolute Gasteiger partial charge is 0.463 e. The molecule has 0 aromatic carbocycles. The molecule has 0 saturated heterocycles. The predicted molar refractivity (Wildman–Crippen MR) is 110 cm³/mol. The zero-order chi connectivity index (χ0) is 19.2. The van der Waals surface area contributed by atoms with Crippen molar-refractivity contribution in [1.29, 1.82) is 0 Å². The van der Waals surface area contributed by atoms with E-state index in [9.17, 15) is 4.79 Å². The van der Waals surface area contributed by atoms with Gasteiger partial charge in [0.05, 0.1) is 6.10 Å². The van der Waals surface area contributed by atoms with Crippen molar-refractivity contribution in [2.24, 2.45) is 40.4 Å². The number of hydrogen-bond donors (Lipinski definition) is 0. The summed E-state index contributed by atoms with van der Waals surface area (Å²) in [6.45, 7) is 9.17. The quantitative estimate of drug-likeness (QED) is 0.508. The van der Waals surface area contributed by atoms with Crippen LogP contribution in [-0.2, 0) is 9.53 Å². The number of carbonyl (C=O) groups excluding carboxylic acids is 1. The third-order valence-electron chi connectivity index (χ3n) is 9.84. The molecule has 4 aliphatic rings. The van der Waals surface area contributed by atoms with Crippen LogP contribution in [0.15, 0.2) is 0 Å². The Kier molecular flexibility index (Phi) is 5.40. The molecule has 0 bridgehead atoms. The molecular weight excluding hydrogens is 332 g/mol. The van der Waals surface area contributed by atoms with Crippen molar-refractivity contribution in [2.75, 3.05) is 0 Å². The molecule has 0 N–H and O–H groups in total. The van der Waals surface area contributed by atoms with Gasteiger partial charge in [0.2, 0.25) is 0 Å². The Morgan fingerprint density at radius 1 is 0.926 bits per heavy atom. The summed E-state index contributed by atoms with van der Waals surface area (Å²) in [5.41, 5.74) is 1.12. The van der Waals surface area contributed by atoms with Crippen LogP contribution in [0.4, 0.5) is 0 Å². The topological polar surface area (TPSA) is 26.3 Å².